The highest BCUT2D eigenvalue weighted by Gasteiger charge is 2.15. The number of thioether (sulfide) groups is 1. The molecule has 0 aromatic heterocycles. The molecule has 1 saturated carbocycles. The Hall–Kier alpha value is -0.470. The summed E-state index contributed by atoms with van der Waals surface area (Å²) >= 11 is 2.02. The van der Waals surface area contributed by atoms with Crippen LogP contribution < -0.4 is 5.73 Å². The zero-order valence-corrected chi connectivity index (χ0v) is 10.9. The molecule has 2 N–H and O–H groups in total. The largest absolute Gasteiger partial charge is 0.326 e. The molecule has 2 rings (SSSR count). The zero-order chi connectivity index (χ0) is 11.4. The van der Waals surface area contributed by atoms with E-state index >= 15 is 0 Å². The fraction of sp³-hybridized carbons (Fsp3) is 0.571. The van der Waals surface area contributed by atoms with Crippen molar-refractivity contribution in [2.24, 2.45) is 11.7 Å². The third-order valence-corrected chi connectivity index (χ3v) is 4.83. The van der Waals surface area contributed by atoms with Gasteiger partial charge in [-0.05, 0) is 42.9 Å². The number of aryl methyl sites for hydroxylation is 1. The first kappa shape index (κ1) is 12.0. The predicted octanol–water partition coefficient (Wildman–Crippen LogP) is 3.74. The molecule has 0 amide bonds. The van der Waals surface area contributed by atoms with Gasteiger partial charge in [-0.25, -0.2) is 0 Å². The minimum Gasteiger partial charge on any atom is -0.326 e. The number of hydrogen-bond acceptors (Lipinski definition) is 2. The maximum absolute atomic E-state index is 5.64. The molecule has 0 aliphatic heterocycles. The Morgan fingerprint density at radius 2 is 2.06 bits per heavy atom. The summed E-state index contributed by atoms with van der Waals surface area (Å²) in [6, 6.07) is 6.61. The van der Waals surface area contributed by atoms with Crippen molar-refractivity contribution in [2.45, 2.75) is 44.0 Å². The molecule has 1 aliphatic carbocycles. The first-order valence-corrected chi connectivity index (χ1v) is 7.20. The molecule has 1 aromatic rings. The fourth-order valence-electron chi connectivity index (χ4n) is 2.39. The van der Waals surface area contributed by atoms with Gasteiger partial charge >= 0.3 is 0 Å². The third kappa shape index (κ3) is 3.02. The quantitative estimate of drug-likeness (QED) is 0.805. The lowest BCUT2D eigenvalue weighted by atomic mass is 10.1. The van der Waals surface area contributed by atoms with Crippen LogP contribution in [-0.4, -0.2) is 5.75 Å². The van der Waals surface area contributed by atoms with Crippen LogP contribution >= 0.6 is 11.8 Å². The fourth-order valence-corrected chi connectivity index (χ4v) is 3.58. The second-order valence-corrected chi connectivity index (χ2v) is 5.83. The average molecular weight is 235 g/mol. The van der Waals surface area contributed by atoms with E-state index in [-0.39, 0.29) is 0 Å². The molecule has 0 saturated heterocycles. The Bertz CT molecular complexity index is 343. The molecule has 1 aromatic carbocycles. The minimum atomic E-state index is 0.647. The third-order valence-electron chi connectivity index (χ3n) is 3.42. The molecule has 2 heteroatoms. The molecule has 0 radical (unpaired) electrons. The molecule has 0 bridgehead atoms. The minimum absolute atomic E-state index is 0.647. The Morgan fingerprint density at radius 1 is 1.31 bits per heavy atom. The van der Waals surface area contributed by atoms with Gasteiger partial charge < -0.3 is 5.73 Å². The summed E-state index contributed by atoms with van der Waals surface area (Å²) in [7, 11) is 0. The van der Waals surface area contributed by atoms with E-state index in [4.69, 9.17) is 5.73 Å². The van der Waals surface area contributed by atoms with Crippen LogP contribution in [0.1, 0.15) is 36.8 Å². The first-order chi connectivity index (χ1) is 7.79. The maximum atomic E-state index is 5.64. The summed E-state index contributed by atoms with van der Waals surface area (Å²) in [4.78, 5) is 1.43. The van der Waals surface area contributed by atoms with Crippen LogP contribution in [-0.2, 0) is 6.54 Å². The molecule has 0 heterocycles. The van der Waals surface area contributed by atoms with Crippen LogP contribution in [0.3, 0.4) is 0 Å². The monoisotopic (exact) mass is 235 g/mol. The first-order valence-electron chi connectivity index (χ1n) is 6.22. The van der Waals surface area contributed by atoms with Crippen molar-refractivity contribution in [1.82, 2.24) is 0 Å². The van der Waals surface area contributed by atoms with Gasteiger partial charge in [0.05, 0.1) is 0 Å². The van der Waals surface area contributed by atoms with Gasteiger partial charge in [-0.1, -0.05) is 25.0 Å². The van der Waals surface area contributed by atoms with Gasteiger partial charge in [-0.3, -0.25) is 0 Å². The Kier molecular flexibility index (Phi) is 4.30. The molecular formula is C14H21NS. The van der Waals surface area contributed by atoms with Crippen LogP contribution in [0.15, 0.2) is 23.1 Å². The standard InChI is InChI=1S/C14H21NS/c1-11-8-13(9-15)6-7-14(11)16-10-12-4-2-3-5-12/h6-8,12H,2-5,9-10,15H2,1H3. The van der Waals surface area contributed by atoms with Crippen molar-refractivity contribution in [3.8, 4) is 0 Å². The van der Waals surface area contributed by atoms with Gasteiger partial charge in [0.2, 0.25) is 0 Å². The lowest BCUT2D eigenvalue weighted by molar-refractivity contribution is 0.623. The maximum Gasteiger partial charge on any atom is 0.0178 e. The van der Waals surface area contributed by atoms with Gasteiger partial charge in [-0.2, -0.15) is 0 Å². The van der Waals surface area contributed by atoms with Crippen LogP contribution in [0.25, 0.3) is 0 Å². The van der Waals surface area contributed by atoms with Crippen LogP contribution in [0.5, 0.6) is 0 Å². The molecule has 0 atom stereocenters. The molecular weight excluding hydrogens is 214 g/mol. The van der Waals surface area contributed by atoms with Crippen molar-refractivity contribution in [3.05, 3.63) is 29.3 Å². The topological polar surface area (TPSA) is 26.0 Å². The molecule has 1 fully saturated rings. The highest BCUT2D eigenvalue weighted by molar-refractivity contribution is 7.99. The molecule has 88 valence electrons. The summed E-state index contributed by atoms with van der Waals surface area (Å²) in [6.45, 7) is 2.84. The molecule has 1 aliphatic rings. The normalized spacial score (nSPS) is 16.9. The van der Waals surface area contributed by atoms with Crippen molar-refractivity contribution < 1.29 is 0 Å². The van der Waals surface area contributed by atoms with Gasteiger partial charge in [0.25, 0.3) is 0 Å². The van der Waals surface area contributed by atoms with Crippen molar-refractivity contribution in [1.29, 1.82) is 0 Å². The van der Waals surface area contributed by atoms with Crippen molar-refractivity contribution in [3.63, 3.8) is 0 Å². The molecule has 0 spiro atoms. The summed E-state index contributed by atoms with van der Waals surface area (Å²) in [5.74, 6) is 2.25. The van der Waals surface area contributed by atoms with Gasteiger partial charge in [0, 0.05) is 17.2 Å². The van der Waals surface area contributed by atoms with Gasteiger partial charge in [0.15, 0.2) is 0 Å². The predicted molar refractivity (Wildman–Crippen MR) is 71.8 cm³/mol. The van der Waals surface area contributed by atoms with Gasteiger partial charge in [-0.15, -0.1) is 11.8 Å². The van der Waals surface area contributed by atoms with E-state index in [1.54, 1.807) is 0 Å². The molecule has 1 nitrogen and oxygen atoms in total. The Balaban J connectivity index is 1.93. The number of rotatable bonds is 4. The molecule has 0 unspecified atom stereocenters. The van der Waals surface area contributed by atoms with E-state index in [9.17, 15) is 0 Å². The summed E-state index contributed by atoms with van der Waals surface area (Å²) < 4.78 is 0. The van der Waals surface area contributed by atoms with Gasteiger partial charge in [0.1, 0.15) is 0 Å². The van der Waals surface area contributed by atoms with Crippen molar-refractivity contribution >= 4 is 11.8 Å². The van der Waals surface area contributed by atoms with E-state index in [0.717, 1.165) is 5.92 Å². The second-order valence-electron chi connectivity index (χ2n) is 4.77. The molecule has 16 heavy (non-hydrogen) atoms. The van der Waals surface area contributed by atoms with E-state index in [1.807, 2.05) is 11.8 Å². The Morgan fingerprint density at radius 3 is 2.69 bits per heavy atom. The summed E-state index contributed by atoms with van der Waals surface area (Å²) in [5.41, 5.74) is 8.25. The highest BCUT2D eigenvalue weighted by atomic mass is 32.2. The second kappa shape index (κ2) is 5.74. The van der Waals surface area contributed by atoms with E-state index in [2.05, 4.69) is 25.1 Å². The number of benzene rings is 1. The number of nitrogens with two attached hydrogens (primary N) is 1. The highest BCUT2D eigenvalue weighted by Crippen LogP contribution is 2.32. The van der Waals surface area contributed by atoms with Crippen LogP contribution in [0, 0.1) is 12.8 Å². The Labute approximate surface area is 103 Å². The lowest BCUT2D eigenvalue weighted by Gasteiger charge is -2.11. The summed E-state index contributed by atoms with van der Waals surface area (Å²) in [6.07, 6.45) is 5.76. The zero-order valence-electron chi connectivity index (χ0n) is 10.0. The van der Waals surface area contributed by atoms with Crippen LogP contribution in [0.2, 0.25) is 0 Å². The van der Waals surface area contributed by atoms with E-state index in [1.165, 1.54) is 47.5 Å². The summed E-state index contributed by atoms with van der Waals surface area (Å²) in [5, 5.41) is 0. The number of hydrogen-bond donors (Lipinski definition) is 1. The van der Waals surface area contributed by atoms with E-state index < -0.39 is 0 Å². The lowest BCUT2D eigenvalue weighted by Crippen LogP contribution is -1.99. The SMILES string of the molecule is Cc1cc(CN)ccc1SCC1CCCC1. The smallest absolute Gasteiger partial charge is 0.0178 e. The van der Waals surface area contributed by atoms with Crippen LogP contribution in [0.4, 0.5) is 0 Å². The van der Waals surface area contributed by atoms with E-state index in [0.29, 0.717) is 6.54 Å². The van der Waals surface area contributed by atoms with Crippen molar-refractivity contribution in [2.75, 3.05) is 5.75 Å². The average Bonchev–Trinajstić information content (AvgIpc) is 2.80.